The van der Waals surface area contributed by atoms with E-state index in [2.05, 4.69) is 6.92 Å². The Kier molecular flexibility index (Phi) is 3.37. The Bertz CT molecular complexity index is 70.6. The van der Waals surface area contributed by atoms with E-state index in [0.29, 0.717) is 0 Å². The first-order valence-electron chi connectivity index (χ1n) is 4.06. The molecule has 1 saturated carbocycles. The number of hydrogen-bond donors (Lipinski definition) is 0. The molecule has 52 valence electrons. The van der Waals surface area contributed by atoms with E-state index >= 15 is 0 Å². The van der Waals surface area contributed by atoms with Crippen molar-refractivity contribution in [2.75, 3.05) is 0 Å². The van der Waals surface area contributed by atoms with Crippen molar-refractivity contribution < 1.29 is 0 Å². The molecule has 2 unspecified atom stereocenters. The van der Waals surface area contributed by atoms with Crippen LogP contribution in [0.4, 0.5) is 0 Å². The summed E-state index contributed by atoms with van der Waals surface area (Å²) in [5.41, 5.74) is 0. The van der Waals surface area contributed by atoms with Crippen molar-refractivity contribution in [3.05, 3.63) is 0 Å². The summed E-state index contributed by atoms with van der Waals surface area (Å²) in [4.78, 5) is 0. The molecule has 0 aromatic heterocycles. The fourth-order valence-corrected chi connectivity index (χ4v) is 2.74. The molecular weight excluding hydrogens is 215 g/mol. The Morgan fingerprint density at radius 2 is 1.78 bits per heavy atom. The molecule has 0 spiro atoms. The predicted molar refractivity (Wildman–Crippen MR) is 43.1 cm³/mol. The van der Waals surface area contributed by atoms with E-state index < -0.39 is 0 Å². The van der Waals surface area contributed by atoms with Crippen LogP contribution in [0.15, 0.2) is 0 Å². The summed E-state index contributed by atoms with van der Waals surface area (Å²) in [5.74, 6) is 1.05. The number of hydrogen-bond acceptors (Lipinski definition) is 0. The Morgan fingerprint density at radius 3 is 2.56 bits per heavy atom. The third-order valence-electron chi connectivity index (χ3n) is 2.43. The van der Waals surface area contributed by atoms with Crippen molar-refractivity contribution >= 4 is 22.5 Å². The normalized spacial score (nSPS) is 38.0. The van der Waals surface area contributed by atoms with Crippen LogP contribution in [0.2, 0.25) is 3.93 Å². The van der Waals surface area contributed by atoms with Crippen LogP contribution >= 0.6 is 0 Å². The van der Waals surface area contributed by atoms with E-state index in [0.717, 1.165) is 9.85 Å². The zero-order chi connectivity index (χ0) is 6.69. The monoisotopic (exact) mass is 232 g/mol. The molecular formula is C8H16Sn. The van der Waals surface area contributed by atoms with Gasteiger partial charge in [-0.25, -0.2) is 0 Å². The van der Waals surface area contributed by atoms with E-state index in [-0.39, 0.29) is 0 Å². The standard InChI is InChI=1S/C8H15.Sn.H/c1-8-6-4-2-3-5-7-8;;/h6,8H,2-5,7H2,1H3;;. The van der Waals surface area contributed by atoms with Gasteiger partial charge in [0, 0.05) is 0 Å². The molecule has 0 heterocycles. The van der Waals surface area contributed by atoms with Gasteiger partial charge in [-0.1, -0.05) is 0 Å². The fourth-order valence-electron chi connectivity index (χ4n) is 1.52. The van der Waals surface area contributed by atoms with Crippen molar-refractivity contribution in [3.8, 4) is 0 Å². The molecule has 0 aliphatic heterocycles. The van der Waals surface area contributed by atoms with Gasteiger partial charge < -0.3 is 0 Å². The molecule has 0 aromatic carbocycles. The quantitative estimate of drug-likeness (QED) is 0.443. The van der Waals surface area contributed by atoms with Gasteiger partial charge in [-0.05, 0) is 0 Å². The minimum absolute atomic E-state index is 1.05. The molecule has 1 aliphatic rings. The van der Waals surface area contributed by atoms with Crippen molar-refractivity contribution in [2.24, 2.45) is 5.92 Å². The second-order valence-corrected chi connectivity index (χ2v) is 5.72. The van der Waals surface area contributed by atoms with E-state index in [1.165, 1.54) is 54.6 Å². The predicted octanol–water partition coefficient (Wildman–Crippen LogP) is 2.28. The van der Waals surface area contributed by atoms with Crippen LogP contribution in [-0.4, -0.2) is 22.5 Å². The Morgan fingerprint density at radius 1 is 1.11 bits per heavy atom. The Labute approximate surface area is 71.5 Å². The van der Waals surface area contributed by atoms with Crippen LogP contribution in [0.3, 0.4) is 0 Å². The second kappa shape index (κ2) is 3.84. The second-order valence-electron chi connectivity index (χ2n) is 3.28. The fraction of sp³-hybridized carbons (Fsp3) is 1.00. The average molecular weight is 231 g/mol. The SMILES string of the molecule is CC1CCCCC[CH]1[SnH]. The Hall–Kier alpha value is 0.799. The molecule has 9 heavy (non-hydrogen) atoms. The zero-order valence-electron chi connectivity index (χ0n) is 6.27. The molecule has 0 nitrogen and oxygen atoms in total. The summed E-state index contributed by atoms with van der Waals surface area (Å²) in [7, 11) is 0. The molecule has 1 rings (SSSR count). The van der Waals surface area contributed by atoms with Gasteiger partial charge in [0.2, 0.25) is 0 Å². The van der Waals surface area contributed by atoms with E-state index in [1.807, 2.05) is 0 Å². The summed E-state index contributed by atoms with van der Waals surface area (Å²) >= 11 is 1.49. The van der Waals surface area contributed by atoms with E-state index in [1.54, 1.807) is 0 Å². The first-order valence-corrected chi connectivity index (χ1v) is 5.96. The minimum atomic E-state index is 1.05. The van der Waals surface area contributed by atoms with E-state index in [4.69, 9.17) is 0 Å². The Balaban J connectivity index is 2.32. The van der Waals surface area contributed by atoms with Gasteiger partial charge in [0.1, 0.15) is 0 Å². The van der Waals surface area contributed by atoms with Gasteiger partial charge in [-0.3, -0.25) is 0 Å². The van der Waals surface area contributed by atoms with Crippen LogP contribution in [-0.2, 0) is 0 Å². The van der Waals surface area contributed by atoms with Crippen LogP contribution < -0.4 is 0 Å². The van der Waals surface area contributed by atoms with Crippen molar-refractivity contribution in [1.29, 1.82) is 0 Å². The van der Waals surface area contributed by atoms with Gasteiger partial charge >= 0.3 is 71.4 Å². The maximum atomic E-state index is 2.43. The van der Waals surface area contributed by atoms with Gasteiger partial charge in [-0.15, -0.1) is 0 Å². The van der Waals surface area contributed by atoms with Crippen LogP contribution in [0.25, 0.3) is 0 Å². The number of rotatable bonds is 0. The molecule has 0 saturated heterocycles. The van der Waals surface area contributed by atoms with Crippen LogP contribution in [0.5, 0.6) is 0 Å². The third kappa shape index (κ3) is 2.48. The van der Waals surface area contributed by atoms with Gasteiger partial charge in [-0.2, -0.15) is 0 Å². The molecule has 2 atom stereocenters. The molecule has 0 bridgehead atoms. The van der Waals surface area contributed by atoms with Crippen molar-refractivity contribution in [2.45, 2.75) is 43.0 Å². The molecule has 1 fully saturated rings. The molecule has 0 N–H and O–H groups in total. The average Bonchev–Trinajstić information content (AvgIpc) is 1.99. The zero-order valence-corrected chi connectivity index (χ0v) is 9.56. The first kappa shape index (κ1) is 7.90. The molecule has 1 heteroatoms. The van der Waals surface area contributed by atoms with Crippen LogP contribution in [0, 0.1) is 5.92 Å². The first-order chi connectivity index (χ1) is 4.30. The van der Waals surface area contributed by atoms with Crippen molar-refractivity contribution in [3.63, 3.8) is 0 Å². The molecule has 0 aromatic rings. The maximum absolute atomic E-state index is 2.43. The van der Waals surface area contributed by atoms with Gasteiger partial charge in [0.25, 0.3) is 0 Å². The topological polar surface area (TPSA) is 0 Å². The molecule has 1 aliphatic carbocycles. The van der Waals surface area contributed by atoms with Gasteiger partial charge in [0.05, 0.1) is 0 Å². The summed E-state index contributed by atoms with van der Waals surface area (Å²) in [5, 5.41) is 0. The van der Waals surface area contributed by atoms with E-state index in [9.17, 15) is 0 Å². The van der Waals surface area contributed by atoms with Crippen molar-refractivity contribution in [1.82, 2.24) is 0 Å². The summed E-state index contributed by atoms with van der Waals surface area (Å²) in [6, 6.07) is 0. The molecule has 0 amide bonds. The molecule has 2 radical (unpaired) electrons. The third-order valence-corrected chi connectivity index (χ3v) is 5.25. The summed E-state index contributed by atoms with van der Waals surface area (Å²) in [6.07, 6.45) is 7.55. The summed E-state index contributed by atoms with van der Waals surface area (Å²) < 4.78 is 1.12. The van der Waals surface area contributed by atoms with Crippen LogP contribution in [0.1, 0.15) is 39.0 Å². The van der Waals surface area contributed by atoms with Gasteiger partial charge in [0.15, 0.2) is 0 Å². The summed E-state index contributed by atoms with van der Waals surface area (Å²) in [6.45, 7) is 2.43.